The third kappa shape index (κ3) is 5.91. The van der Waals surface area contributed by atoms with Gasteiger partial charge in [0.15, 0.2) is 0 Å². The van der Waals surface area contributed by atoms with Crippen LogP contribution in [-0.4, -0.2) is 48.6 Å². The molecule has 2 aliphatic heterocycles. The normalized spacial score (nSPS) is 19.7. The number of nitrogens with one attached hydrogen (secondary N) is 2. The summed E-state index contributed by atoms with van der Waals surface area (Å²) in [6, 6.07) is 3.48. The van der Waals surface area contributed by atoms with Crippen molar-refractivity contribution in [2.24, 2.45) is 11.8 Å². The van der Waals surface area contributed by atoms with Crippen molar-refractivity contribution in [3.8, 4) is 11.3 Å². The van der Waals surface area contributed by atoms with E-state index < -0.39 is 0 Å². The molecule has 0 bridgehead atoms. The molecule has 0 unspecified atom stereocenters. The van der Waals surface area contributed by atoms with Crippen LogP contribution in [0.25, 0.3) is 11.3 Å². The van der Waals surface area contributed by atoms with E-state index in [1.165, 1.54) is 0 Å². The Labute approximate surface area is 203 Å². The zero-order valence-electron chi connectivity index (χ0n) is 17.8. The molecule has 172 valence electrons. The number of carbonyl (C=O) groups excluding carboxylic acids is 1. The number of ether oxygens (including phenoxy) is 1. The lowest BCUT2D eigenvalue weighted by Gasteiger charge is -2.23. The van der Waals surface area contributed by atoms with Crippen LogP contribution in [0.15, 0.2) is 18.3 Å². The fourth-order valence-corrected chi connectivity index (χ4v) is 4.90. The number of carbonyl (C=O) groups is 1. The molecule has 0 amide bonds. The van der Waals surface area contributed by atoms with Gasteiger partial charge >= 0.3 is 0 Å². The van der Waals surface area contributed by atoms with Gasteiger partial charge in [0.1, 0.15) is 11.6 Å². The molecule has 4 rings (SSSR count). The molecule has 2 aromatic rings. The largest absolute Gasteiger partial charge is 0.381 e. The Morgan fingerprint density at radius 2 is 1.94 bits per heavy atom. The summed E-state index contributed by atoms with van der Waals surface area (Å²) in [7, 11) is 0. The van der Waals surface area contributed by atoms with Gasteiger partial charge in [-0.1, -0.05) is 34.8 Å². The van der Waals surface area contributed by atoms with Crippen molar-refractivity contribution in [1.29, 1.82) is 0 Å². The van der Waals surface area contributed by atoms with Crippen molar-refractivity contribution in [2.45, 2.75) is 32.1 Å². The standard InChI is InChI=1S/C23H27Cl3N4O2/c24-18-10-19(25)23(29-11-14-3-6-32-7-4-14)30-22(18)17-8-16(28-13-20(17)26)9-21(31)15-2-1-5-27-12-15/h8,10,13-15,27H,1-7,9,11-12H2,(H,29,30)/t15-/m1/s1. The summed E-state index contributed by atoms with van der Waals surface area (Å²) >= 11 is 19.3. The van der Waals surface area contributed by atoms with E-state index in [-0.39, 0.29) is 18.1 Å². The van der Waals surface area contributed by atoms with Gasteiger partial charge in [0.25, 0.3) is 0 Å². The molecule has 0 spiro atoms. The van der Waals surface area contributed by atoms with Crippen LogP contribution in [0.5, 0.6) is 0 Å². The topological polar surface area (TPSA) is 76.1 Å². The number of hydrogen-bond donors (Lipinski definition) is 2. The first-order chi connectivity index (χ1) is 15.5. The van der Waals surface area contributed by atoms with E-state index in [0.29, 0.717) is 43.8 Å². The fourth-order valence-electron chi connectivity index (χ4n) is 4.18. The molecule has 0 saturated carbocycles. The zero-order valence-corrected chi connectivity index (χ0v) is 20.1. The van der Waals surface area contributed by atoms with Crippen molar-refractivity contribution < 1.29 is 9.53 Å². The van der Waals surface area contributed by atoms with Gasteiger partial charge in [-0.15, -0.1) is 0 Å². The SMILES string of the molecule is O=C(Cc1cc(-c2nc(NCC3CCOCC3)c(Cl)cc2Cl)c(Cl)cn1)[C@@H]1CCCNC1. The highest BCUT2D eigenvalue weighted by Crippen LogP contribution is 2.36. The lowest BCUT2D eigenvalue weighted by atomic mass is 9.92. The second-order valence-electron chi connectivity index (χ2n) is 8.43. The predicted octanol–water partition coefficient (Wildman–Crippen LogP) is 5.05. The number of Topliss-reactive ketones (excluding diaryl/α,β-unsaturated/α-hetero) is 1. The monoisotopic (exact) mass is 496 g/mol. The average Bonchev–Trinajstić information content (AvgIpc) is 2.81. The van der Waals surface area contributed by atoms with E-state index in [1.807, 2.05) is 0 Å². The lowest BCUT2D eigenvalue weighted by molar-refractivity contribution is -0.122. The first-order valence-corrected chi connectivity index (χ1v) is 12.2. The smallest absolute Gasteiger partial charge is 0.145 e. The summed E-state index contributed by atoms with van der Waals surface area (Å²) in [5.41, 5.74) is 1.82. The van der Waals surface area contributed by atoms with Crippen LogP contribution in [-0.2, 0) is 16.0 Å². The average molecular weight is 498 g/mol. The number of nitrogens with zero attached hydrogens (tertiary/aromatic N) is 2. The Kier molecular flexibility index (Phi) is 8.24. The van der Waals surface area contributed by atoms with Crippen LogP contribution in [0.3, 0.4) is 0 Å². The van der Waals surface area contributed by atoms with Gasteiger partial charge < -0.3 is 15.4 Å². The van der Waals surface area contributed by atoms with E-state index in [2.05, 4.69) is 20.6 Å². The molecule has 2 saturated heterocycles. The second kappa shape index (κ2) is 11.1. The molecule has 0 aromatic carbocycles. The minimum atomic E-state index is 0.0305. The maximum Gasteiger partial charge on any atom is 0.145 e. The summed E-state index contributed by atoms with van der Waals surface area (Å²) in [4.78, 5) is 21.8. The van der Waals surface area contributed by atoms with Crippen molar-refractivity contribution in [1.82, 2.24) is 15.3 Å². The molecule has 4 heterocycles. The lowest BCUT2D eigenvalue weighted by Crippen LogP contribution is -2.35. The molecular weight excluding hydrogens is 471 g/mol. The molecule has 2 N–H and O–H groups in total. The van der Waals surface area contributed by atoms with Gasteiger partial charge in [-0.2, -0.15) is 0 Å². The number of aromatic nitrogens is 2. The van der Waals surface area contributed by atoms with Crippen LogP contribution < -0.4 is 10.6 Å². The first-order valence-electron chi connectivity index (χ1n) is 11.1. The highest BCUT2D eigenvalue weighted by atomic mass is 35.5. The van der Waals surface area contributed by atoms with Crippen molar-refractivity contribution in [2.75, 3.05) is 38.2 Å². The molecule has 1 atom stereocenters. The summed E-state index contributed by atoms with van der Waals surface area (Å²) in [6.45, 7) is 4.02. The van der Waals surface area contributed by atoms with Gasteiger partial charge in [0.2, 0.25) is 0 Å². The summed E-state index contributed by atoms with van der Waals surface area (Å²) < 4.78 is 5.42. The molecule has 0 radical (unpaired) electrons. The minimum absolute atomic E-state index is 0.0305. The molecular formula is C23H27Cl3N4O2. The van der Waals surface area contributed by atoms with Crippen LogP contribution in [0.4, 0.5) is 5.82 Å². The Bertz CT molecular complexity index is 960. The molecule has 0 aliphatic carbocycles. The molecule has 2 aliphatic rings. The van der Waals surface area contributed by atoms with E-state index >= 15 is 0 Å². The zero-order chi connectivity index (χ0) is 22.5. The highest BCUT2D eigenvalue weighted by molar-refractivity contribution is 6.38. The third-order valence-corrected chi connectivity index (χ3v) is 6.98. The summed E-state index contributed by atoms with van der Waals surface area (Å²) in [6.07, 6.45) is 5.77. The summed E-state index contributed by atoms with van der Waals surface area (Å²) in [5, 5.41) is 7.91. The van der Waals surface area contributed by atoms with Crippen molar-refractivity contribution in [3.05, 3.63) is 39.1 Å². The predicted molar refractivity (Wildman–Crippen MR) is 129 cm³/mol. The van der Waals surface area contributed by atoms with Crippen LogP contribution in [0.1, 0.15) is 31.4 Å². The summed E-state index contributed by atoms with van der Waals surface area (Å²) in [5.74, 6) is 1.29. The highest BCUT2D eigenvalue weighted by Gasteiger charge is 2.22. The Morgan fingerprint density at radius 3 is 2.69 bits per heavy atom. The molecule has 2 aromatic heterocycles. The Hall–Kier alpha value is -1.44. The van der Waals surface area contributed by atoms with E-state index in [9.17, 15) is 4.79 Å². The third-order valence-electron chi connectivity index (χ3n) is 6.10. The number of pyridine rings is 2. The fraction of sp³-hybridized carbons (Fsp3) is 0.522. The number of ketones is 1. The minimum Gasteiger partial charge on any atom is -0.381 e. The van der Waals surface area contributed by atoms with Gasteiger partial charge in [-0.25, -0.2) is 4.98 Å². The van der Waals surface area contributed by atoms with Gasteiger partial charge in [-0.05, 0) is 50.3 Å². The number of rotatable bonds is 7. The molecule has 6 nitrogen and oxygen atoms in total. The number of piperidine rings is 1. The molecule has 2 fully saturated rings. The maximum atomic E-state index is 12.7. The van der Waals surface area contributed by atoms with Crippen LogP contribution in [0.2, 0.25) is 15.1 Å². The Morgan fingerprint density at radius 1 is 1.12 bits per heavy atom. The van der Waals surface area contributed by atoms with Gasteiger partial charge in [-0.3, -0.25) is 9.78 Å². The van der Waals surface area contributed by atoms with E-state index in [0.717, 1.165) is 58.5 Å². The first kappa shape index (κ1) is 23.7. The van der Waals surface area contributed by atoms with Crippen LogP contribution >= 0.6 is 34.8 Å². The quantitative estimate of drug-likeness (QED) is 0.557. The number of hydrogen-bond acceptors (Lipinski definition) is 6. The molecule has 32 heavy (non-hydrogen) atoms. The van der Waals surface area contributed by atoms with E-state index in [4.69, 9.17) is 39.5 Å². The maximum absolute atomic E-state index is 12.7. The Balaban J connectivity index is 1.53. The van der Waals surface area contributed by atoms with Crippen LogP contribution in [0, 0.1) is 11.8 Å². The van der Waals surface area contributed by atoms with E-state index in [1.54, 1.807) is 18.3 Å². The second-order valence-corrected chi connectivity index (χ2v) is 9.65. The molecule has 9 heteroatoms. The van der Waals surface area contributed by atoms with Crippen molar-refractivity contribution in [3.63, 3.8) is 0 Å². The van der Waals surface area contributed by atoms with Gasteiger partial charge in [0.05, 0.1) is 20.8 Å². The van der Waals surface area contributed by atoms with Crippen molar-refractivity contribution >= 4 is 46.4 Å². The number of anilines is 1. The number of halogens is 3. The van der Waals surface area contributed by atoms with Gasteiger partial charge in [0, 0.05) is 56.1 Å².